The van der Waals surface area contributed by atoms with Crippen molar-refractivity contribution in [1.29, 1.82) is 0 Å². The summed E-state index contributed by atoms with van der Waals surface area (Å²) in [5.74, 6) is 0.555. The Balaban J connectivity index is 2.15. The highest BCUT2D eigenvalue weighted by Crippen LogP contribution is 2.18. The molecular weight excluding hydrogens is 222 g/mol. The van der Waals surface area contributed by atoms with Crippen LogP contribution >= 0.6 is 0 Å². The second kappa shape index (κ2) is 4.89. The van der Waals surface area contributed by atoms with Gasteiger partial charge in [0.15, 0.2) is 0 Å². The molecule has 2 heterocycles. The number of hydrogen-bond donors (Lipinski definition) is 1. The Morgan fingerprint density at radius 1 is 1.65 bits per heavy atom. The number of aryl methyl sites for hydroxylation is 1. The van der Waals surface area contributed by atoms with Gasteiger partial charge in [-0.15, -0.1) is 0 Å². The van der Waals surface area contributed by atoms with E-state index in [9.17, 15) is 4.79 Å². The molecule has 5 nitrogen and oxygen atoms in total. The van der Waals surface area contributed by atoms with Crippen LogP contribution < -0.4 is 0 Å². The van der Waals surface area contributed by atoms with E-state index >= 15 is 0 Å². The van der Waals surface area contributed by atoms with Gasteiger partial charge in [0.05, 0.1) is 37.2 Å². The second-order valence-corrected chi connectivity index (χ2v) is 4.33. The fourth-order valence-electron chi connectivity index (χ4n) is 1.97. The number of carbonyl (C=O) groups excluding carboxylic acids is 1. The van der Waals surface area contributed by atoms with Crippen LogP contribution in [0.25, 0.3) is 0 Å². The van der Waals surface area contributed by atoms with Gasteiger partial charge in [0.1, 0.15) is 5.76 Å². The molecular formula is C12H17NO4. The number of hydrogen-bond acceptors (Lipinski definition) is 4. The number of rotatable bonds is 2. The van der Waals surface area contributed by atoms with Gasteiger partial charge in [-0.3, -0.25) is 4.79 Å². The van der Waals surface area contributed by atoms with E-state index in [1.54, 1.807) is 17.9 Å². The van der Waals surface area contributed by atoms with Crippen LogP contribution in [-0.4, -0.2) is 47.8 Å². The first-order chi connectivity index (χ1) is 8.13. The Kier molecular flexibility index (Phi) is 3.49. The Labute approximate surface area is 100.0 Å². The van der Waals surface area contributed by atoms with Gasteiger partial charge in [-0.2, -0.15) is 0 Å². The summed E-state index contributed by atoms with van der Waals surface area (Å²) in [5.41, 5.74) is 0.579. The third kappa shape index (κ3) is 2.35. The Morgan fingerprint density at radius 3 is 3.00 bits per heavy atom. The van der Waals surface area contributed by atoms with E-state index in [4.69, 9.17) is 14.3 Å². The fourth-order valence-corrected chi connectivity index (χ4v) is 1.97. The van der Waals surface area contributed by atoms with Gasteiger partial charge in [-0.25, -0.2) is 0 Å². The van der Waals surface area contributed by atoms with Gasteiger partial charge in [0.25, 0.3) is 5.91 Å². The smallest absolute Gasteiger partial charge is 0.257 e. The summed E-state index contributed by atoms with van der Waals surface area (Å²) in [5, 5.41) is 9.08. The SMILES string of the molecule is Cc1occc1C(=O)N1CC(CO)OCC1C. The molecule has 94 valence electrons. The molecule has 1 aliphatic rings. The lowest BCUT2D eigenvalue weighted by Crippen LogP contribution is -2.52. The monoisotopic (exact) mass is 239 g/mol. The molecule has 1 saturated heterocycles. The Bertz CT molecular complexity index is 401. The summed E-state index contributed by atoms with van der Waals surface area (Å²) >= 11 is 0. The van der Waals surface area contributed by atoms with E-state index in [1.165, 1.54) is 6.26 Å². The quantitative estimate of drug-likeness (QED) is 0.829. The van der Waals surface area contributed by atoms with E-state index < -0.39 is 0 Å². The minimum Gasteiger partial charge on any atom is -0.469 e. The zero-order valence-corrected chi connectivity index (χ0v) is 10.0. The van der Waals surface area contributed by atoms with Crippen LogP contribution in [-0.2, 0) is 4.74 Å². The molecule has 0 saturated carbocycles. The molecule has 1 aliphatic heterocycles. The third-order valence-corrected chi connectivity index (χ3v) is 3.06. The van der Waals surface area contributed by atoms with Crippen molar-refractivity contribution in [2.45, 2.75) is 26.0 Å². The molecule has 2 unspecified atom stereocenters. The van der Waals surface area contributed by atoms with Crippen LogP contribution in [0.5, 0.6) is 0 Å². The highest BCUT2D eigenvalue weighted by atomic mass is 16.5. The zero-order valence-electron chi connectivity index (χ0n) is 10.0. The first-order valence-corrected chi connectivity index (χ1v) is 5.71. The maximum absolute atomic E-state index is 12.3. The van der Waals surface area contributed by atoms with Crippen LogP contribution in [0.4, 0.5) is 0 Å². The number of ether oxygens (including phenoxy) is 1. The van der Waals surface area contributed by atoms with E-state index in [-0.39, 0.29) is 24.7 Å². The van der Waals surface area contributed by atoms with Gasteiger partial charge in [0.2, 0.25) is 0 Å². The Morgan fingerprint density at radius 2 is 2.41 bits per heavy atom. The van der Waals surface area contributed by atoms with Crippen molar-refractivity contribution < 1.29 is 19.1 Å². The lowest BCUT2D eigenvalue weighted by atomic mass is 10.1. The van der Waals surface area contributed by atoms with Gasteiger partial charge >= 0.3 is 0 Å². The summed E-state index contributed by atoms with van der Waals surface area (Å²) in [4.78, 5) is 14.0. The number of carbonyl (C=O) groups is 1. The average Bonchev–Trinajstić information content (AvgIpc) is 2.75. The normalized spacial score (nSPS) is 25.0. The number of aliphatic hydroxyl groups excluding tert-OH is 1. The highest BCUT2D eigenvalue weighted by Gasteiger charge is 2.30. The molecule has 2 atom stereocenters. The molecule has 17 heavy (non-hydrogen) atoms. The fraction of sp³-hybridized carbons (Fsp3) is 0.583. The molecule has 0 aromatic carbocycles. The van der Waals surface area contributed by atoms with Crippen molar-refractivity contribution in [1.82, 2.24) is 4.90 Å². The zero-order chi connectivity index (χ0) is 12.4. The molecule has 1 aromatic rings. The van der Waals surface area contributed by atoms with Crippen LogP contribution in [0.2, 0.25) is 0 Å². The minimum absolute atomic E-state index is 0.0135. The number of aliphatic hydroxyl groups is 1. The summed E-state index contributed by atoms with van der Waals surface area (Å²) in [6.45, 7) is 4.50. The topological polar surface area (TPSA) is 62.9 Å². The van der Waals surface area contributed by atoms with E-state index in [2.05, 4.69) is 0 Å². The van der Waals surface area contributed by atoms with Crippen LogP contribution in [0.3, 0.4) is 0 Å². The van der Waals surface area contributed by atoms with Crippen molar-refractivity contribution in [3.8, 4) is 0 Å². The molecule has 1 amide bonds. The van der Waals surface area contributed by atoms with Gasteiger partial charge in [-0.05, 0) is 19.9 Å². The molecule has 0 spiro atoms. The van der Waals surface area contributed by atoms with Gasteiger partial charge < -0.3 is 19.2 Å². The van der Waals surface area contributed by atoms with Crippen molar-refractivity contribution in [3.05, 3.63) is 23.7 Å². The molecule has 0 aliphatic carbocycles. The number of nitrogens with zero attached hydrogens (tertiary/aromatic N) is 1. The van der Waals surface area contributed by atoms with Crippen LogP contribution in [0.15, 0.2) is 16.7 Å². The lowest BCUT2D eigenvalue weighted by Gasteiger charge is -2.37. The second-order valence-electron chi connectivity index (χ2n) is 4.33. The Hall–Kier alpha value is -1.33. The van der Waals surface area contributed by atoms with Crippen molar-refractivity contribution >= 4 is 5.91 Å². The molecule has 1 aromatic heterocycles. The predicted octanol–water partition coefficient (Wildman–Crippen LogP) is 0.810. The molecule has 0 bridgehead atoms. The molecule has 1 fully saturated rings. The number of morpholine rings is 1. The molecule has 2 rings (SSSR count). The van der Waals surface area contributed by atoms with E-state index in [1.807, 2.05) is 6.92 Å². The van der Waals surface area contributed by atoms with Crippen molar-refractivity contribution in [2.24, 2.45) is 0 Å². The van der Waals surface area contributed by atoms with E-state index in [0.717, 1.165) is 0 Å². The first kappa shape index (κ1) is 12.1. The summed E-state index contributed by atoms with van der Waals surface area (Å²) in [7, 11) is 0. The lowest BCUT2D eigenvalue weighted by molar-refractivity contribution is -0.0667. The van der Waals surface area contributed by atoms with Gasteiger partial charge in [0, 0.05) is 6.54 Å². The van der Waals surface area contributed by atoms with E-state index in [0.29, 0.717) is 24.5 Å². The maximum Gasteiger partial charge on any atom is 0.257 e. The summed E-state index contributed by atoms with van der Waals surface area (Å²) in [6.07, 6.45) is 1.22. The van der Waals surface area contributed by atoms with Crippen molar-refractivity contribution in [2.75, 3.05) is 19.8 Å². The summed E-state index contributed by atoms with van der Waals surface area (Å²) < 4.78 is 10.5. The summed E-state index contributed by atoms with van der Waals surface area (Å²) in [6, 6.07) is 1.69. The molecule has 5 heteroatoms. The standard InChI is InChI=1S/C12H17NO4/c1-8-7-17-10(6-14)5-13(8)12(15)11-3-4-16-9(11)2/h3-4,8,10,14H,5-7H2,1-2H3. The van der Waals surface area contributed by atoms with Gasteiger partial charge in [-0.1, -0.05) is 0 Å². The minimum atomic E-state index is -0.289. The van der Waals surface area contributed by atoms with Crippen LogP contribution in [0, 0.1) is 6.92 Å². The predicted molar refractivity (Wildman–Crippen MR) is 60.8 cm³/mol. The molecule has 1 N–H and O–H groups in total. The molecule has 0 radical (unpaired) electrons. The van der Waals surface area contributed by atoms with Crippen molar-refractivity contribution in [3.63, 3.8) is 0 Å². The third-order valence-electron chi connectivity index (χ3n) is 3.06. The first-order valence-electron chi connectivity index (χ1n) is 5.71. The number of furan rings is 1. The maximum atomic E-state index is 12.3. The van der Waals surface area contributed by atoms with Crippen LogP contribution in [0.1, 0.15) is 23.0 Å². The largest absolute Gasteiger partial charge is 0.469 e. The average molecular weight is 239 g/mol. The highest BCUT2D eigenvalue weighted by molar-refractivity contribution is 5.95. The number of amides is 1.